The molecule has 0 saturated carbocycles. The van der Waals surface area contributed by atoms with Gasteiger partial charge in [0, 0.05) is 15.7 Å². The maximum atomic E-state index is 12.8. The number of hydrogen-bond donors (Lipinski definition) is 1. The van der Waals surface area contributed by atoms with Gasteiger partial charge in [-0.1, -0.05) is 63.5 Å². The van der Waals surface area contributed by atoms with Crippen molar-refractivity contribution in [3.8, 4) is 17.1 Å². The normalized spacial score (nSPS) is 10.7. The van der Waals surface area contributed by atoms with Crippen molar-refractivity contribution in [3.05, 3.63) is 94.2 Å². The molecule has 3 aromatic carbocycles. The van der Waals surface area contributed by atoms with Gasteiger partial charge in [0.25, 0.3) is 5.91 Å². The third kappa shape index (κ3) is 4.27. The molecule has 0 fully saturated rings. The molecular formula is C23H19BrN4O. The molecule has 4 aromatic rings. The van der Waals surface area contributed by atoms with Crippen LogP contribution in [0, 0.1) is 13.8 Å². The van der Waals surface area contributed by atoms with Crippen LogP contribution in [0.25, 0.3) is 17.1 Å². The Morgan fingerprint density at radius 3 is 2.07 bits per heavy atom. The lowest BCUT2D eigenvalue weighted by Crippen LogP contribution is -2.14. The first-order valence-electron chi connectivity index (χ1n) is 9.18. The zero-order valence-electron chi connectivity index (χ0n) is 16.1. The van der Waals surface area contributed by atoms with Crippen LogP contribution in [-0.2, 0) is 0 Å². The SMILES string of the molecule is Cc1ccc(NC(=O)c2nc(-c3ccc(Br)cc3)n(-c3ccc(C)cc3)n2)cc1. The van der Waals surface area contributed by atoms with Gasteiger partial charge in [0.05, 0.1) is 5.69 Å². The lowest BCUT2D eigenvalue weighted by Gasteiger charge is -2.06. The lowest BCUT2D eigenvalue weighted by atomic mass is 10.2. The minimum atomic E-state index is -0.349. The summed E-state index contributed by atoms with van der Waals surface area (Å²) in [7, 11) is 0. The van der Waals surface area contributed by atoms with Crippen molar-refractivity contribution in [1.82, 2.24) is 14.8 Å². The van der Waals surface area contributed by atoms with E-state index in [0.29, 0.717) is 11.5 Å². The summed E-state index contributed by atoms with van der Waals surface area (Å²) in [5.74, 6) is 0.373. The van der Waals surface area contributed by atoms with Gasteiger partial charge in [-0.05, 0) is 50.2 Å². The minimum absolute atomic E-state index is 0.115. The quantitative estimate of drug-likeness (QED) is 0.445. The van der Waals surface area contributed by atoms with Crippen molar-refractivity contribution < 1.29 is 4.79 Å². The van der Waals surface area contributed by atoms with Crippen molar-refractivity contribution in [2.24, 2.45) is 0 Å². The van der Waals surface area contributed by atoms with Gasteiger partial charge in [-0.15, -0.1) is 5.10 Å². The van der Waals surface area contributed by atoms with E-state index in [9.17, 15) is 4.79 Å². The Bertz CT molecular complexity index is 1080. The van der Waals surface area contributed by atoms with Crippen LogP contribution in [0.15, 0.2) is 77.3 Å². The van der Waals surface area contributed by atoms with Gasteiger partial charge in [-0.25, -0.2) is 9.67 Å². The van der Waals surface area contributed by atoms with E-state index >= 15 is 0 Å². The predicted molar refractivity (Wildman–Crippen MR) is 118 cm³/mol. The molecule has 1 aromatic heterocycles. The number of rotatable bonds is 4. The average Bonchev–Trinajstić information content (AvgIpc) is 3.16. The van der Waals surface area contributed by atoms with E-state index in [0.717, 1.165) is 26.9 Å². The van der Waals surface area contributed by atoms with Crippen LogP contribution in [-0.4, -0.2) is 20.7 Å². The molecule has 144 valence electrons. The molecule has 0 aliphatic rings. The molecule has 0 aliphatic carbocycles. The summed E-state index contributed by atoms with van der Waals surface area (Å²) >= 11 is 3.45. The summed E-state index contributed by atoms with van der Waals surface area (Å²) in [5.41, 5.74) is 4.70. The monoisotopic (exact) mass is 446 g/mol. The maximum Gasteiger partial charge on any atom is 0.295 e. The highest BCUT2D eigenvalue weighted by molar-refractivity contribution is 9.10. The highest BCUT2D eigenvalue weighted by Crippen LogP contribution is 2.24. The van der Waals surface area contributed by atoms with Crippen LogP contribution < -0.4 is 5.32 Å². The Balaban J connectivity index is 1.74. The van der Waals surface area contributed by atoms with Crippen molar-refractivity contribution in [1.29, 1.82) is 0 Å². The topological polar surface area (TPSA) is 59.8 Å². The molecule has 0 unspecified atom stereocenters. The van der Waals surface area contributed by atoms with Gasteiger partial charge >= 0.3 is 0 Å². The first-order valence-corrected chi connectivity index (χ1v) is 9.97. The summed E-state index contributed by atoms with van der Waals surface area (Å²) in [6.07, 6.45) is 0. The van der Waals surface area contributed by atoms with E-state index in [1.165, 1.54) is 0 Å². The number of nitrogens with one attached hydrogen (secondary N) is 1. The summed E-state index contributed by atoms with van der Waals surface area (Å²) in [4.78, 5) is 17.3. The molecule has 29 heavy (non-hydrogen) atoms. The number of aromatic nitrogens is 3. The molecule has 0 spiro atoms. The number of aryl methyl sites for hydroxylation is 2. The first-order chi connectivity index (χ1) is 14.0. The smallest absolute Gasteiger partial charge is 0.295 e. The van der Waals surface area contributed by atoms with Crippen molar-refractivity contribution in [3.63, 3.8) is 0 Å². The minimum Gasteiger partial charge on any atom is -0.319 e. The third-order valence-electron chi connectivity index (χ3n) is 4.50. The van der Waals surface area contributed by atoms with Crippen molar-refractivity contribution >= 4 is 27.5 Å². The zero-order chi connectivity index (χ0) is 20.4. The van der Waals surface area contributed by atoms with Crippen LogP contribution in [0.4, 0.5) is 5.69 Å². The van der Waals surface area contributed by atoms with Crippen LogP contribution >= 0.6 is 15.9 Å². The fraction of sp³-hybridized carbons (Fsp3) is 0.0870. The molecule has 0 atom stereocenters. The first kappa shape index (κ1) is 19.1. The third-order valence-corrected chi connectivity index (χ3v) is 5.03. The lowest BCUT2D eigenvalue weighted by molar-refractivity contribution is 0.101. The molecular weight excluding hydrogens is 428 g/mol. The molecule has 0 aliphatic heterocycles. The molecule has 0 saturated heterocycles. The Hall–Kier alpha value is -3.25. The van der Waals surface area contributed by atoms with Gasteiger partial charge in [-0.2, -0.15) is 0 Å². The van der Waals surface area contributed by atoms with E-state index < -0.39 is 0 Å². The van der Waals surface area contributed by atoms with E-state index in [4.69, 9.17) is 0 Å². The zero-order valence-corrected chi connectivity index (χ0v) is 17.6. The molecule has 0 bridgehead atoms. The summed E-state index contributed by atoms with van der Waals surface area (Å²) in [6.45, 7) is 4.03. The molecule has 1 heterocycles. The number of hydrogen-bond acceptors (Lipinski definition) is 3. The van der Waals surface area contributed by atoms with E-state index in [2.05, 4.69) is 31.3 Å². The fourth-order valence-corrected chi connectivity index (χ4v) is 3.15. The Morgan fingerprint density at radius 1 is 0.862 bits per heavy atom. The molecule has 0 radical (unpaired) electrons. The fourth-order valence-electron chi connectivity index (χ4n) is 2.88. The standard InChI is InChI=1S/C23H19BrN4O/c1-15-3-11-19(12-4-15)25-23(29)21-26-22(17-7-9-18(24)10-8-17)28(27-21)20-13-5-16(2)6-14-20/h3-14H,1-2H3,(H,25,29). The van der Waals surface area contributed by atoms with Gasteiger partial charge in [0.2, 0.25) is 5.82 Å². The molecule has 1 amide bonds. The second-order valence-corrected chi connectivity index (χ2v) is 7.75. The second kappa shape index (κ2) is 8.01. The number of amides is 1. The van der Waals surface area contributed by atoms with Crippen LogP contribution in [0.5, 0.6) is 0 Å². The number of carbonyl (C=O) groups is 1. The molecule has 4 rings (SSSR count). The number of halogens is 1. The summed E-state index contributed by atoms with van der Waals surface area (Å²) in [5, 5.41) is 7.37. The van der Waals surface area contributed by atoms with Gasteiger partial charge in [0.1, 0.15) is 0 Å². The highest BCUT2D eigenvalue weighted by atomic mass is 79.9. The van der Waals surface area contributed by atoms with Gasteiger partial charge < -0.3 is 5.32 Å². The van der Waals surface area contributed by atoms with Crippen molar-refractivity contribution in [2.75, 3.05) is 5.32 Å². The second-order valence-electron chi connectivity index (χ2n) is 6.83. The summed E-state index contributed by atoms with van der Waals surface area (Å²) < 4.78 is 2.67. The van der Waals surface area contributed by atoms with Crippen molar-refractivity contribution in [2.45, 2.75) is 13.8 Å². The van der Waals surface area contributed by atoms with Gasteiger partial charge in [0.15, 0.2) is 5.82 Å². The number of carbonyl (C=O) groups excluding carboxylic acids is 1. The maximum absolute atomic E-state index is 12.8. The van der Waals surface area contributed by atoms with Gasteiger partial charge in [-0.3, -0.25) is 4.79 Å². The Labute approximate surface area is 177 Å². The predicted octanol–water partition coefficient (Wildman–Crippen LogP) is 5.57. The Morgan fingerprint density at radius 2 is 1.45 bits per heavy atom. The van der Waals surface area contributed by atoms with E-state index in [1.54, 1.807) is 4.68 Å². The van der Waals surface area contributed by atoms with E-state index in [1.807, 2.05) is 86.6 Å². The number of benzene rings is 3. The molecule has 6 heteroatoms. The number of nitrogens with zero attached hydrogens (tertiary/aromatic N) is 3. The average molecular weight is 447 g/mol. The number of anilines is 1. The van der Waals surface area contributed by atoms with Crippen LogP contribution in [0.1, 0.15) is 21.7 Å². The van der Waals surface area contributed by atoms with Crippen LogP contribution in [0.2, 0.25) is 0 Å². The largest absolute Gasteiger partial charge is 0.319 e. The Kier molecular flexibility index (Phi) is 5.27. The highest BCUT2D eigenvalue weighted by Gasteiger charge is 2.19. The summed E-state index contributed by atoms with van der Waals surface area (Å²) in [6, 6.07) is 23.3. The van der Waals surface area contributed by atoms with Crippen LogP contribution in [0.3, 0.4) is 0 Å². The molecule has 5 nitrogen and oxygen atoms in total. The molecule has 1 N–H and O–H groups in total. The van der Waals surface area contributed by atoms with E-state index in [-0.39, 0.29) is 11.7 Å².